The summed E-state index contributed by atoms with van der Waals surface area (Å²) in [6.07, 6.45) is 0. The van der Waals surface area contributed by atoms with E-state index in [0.29, 0.717) is 28.2 Å². The van der Waals surface area contributed by atoms with E-state index >= 15 is 0 Å². The van der Waals surface area contributed by atoms with Gasteiger partial charge in [0.25, 0.3) is 5.91 Å². The highest BCUT2D eigenvalue weighted by Gasteiger charge is 2.18. The maximum Gasteiger partial charge on any atom is 0.286 e. The molecule has 0 saturated carbocycles. The second-order valence-corrected chi connectivity index (χ2v) is 6.92. The van der Waals surface area contributed by atoms with E-state index in [4.69, 9.17) is 15.2 Å². The minimum absolute atomic E-state index is 0.0673. The van der Waals surface area contributed by atoms with Gasteiger partial charge in [-0.2, -0.15) is 0 Å². The second-order valence-electron chi connectivity index (χ2n) is 6.92. The summed E-state index contributed by atoms with van der Waals surface area (Å²) in [4.78, 5) is 20.5. The average molecular weight is 402 g/mol. The molecule has 1 atom stereocenters. The summed E-state index contributed by atoms with van der Waals surface area (Å²) in [5.41, 5.74) is 7.11. The van der Waals surface area contributed by atoms with Crippen LogP contribution in [0.3, 0.4) is 0 Å². The molecule has 0 saturated heterocycles. The summed E-state index contributed by atoms with van der Waals surface area (Å²) in [5, 5.41) is 6.42. The number of amides is 1. The van der Waals surface area contributed by atoms with Crippen LogP contribution in [-0.2, 0) is 0 Å². The minimum Gasteiger partial charge on any atom is -0.493 e. The monoisotopic (exact) mass is 402 g/mol. The summed E-state index contributed by atoms with van der Waals surface area (Å²) < 4.78 is 10.8. The van der Waals surface area contributed by atoms with Crippen LogP contribution in [0.15, 0.2) is 54.6 Å². The highest BCUT2D eigenvalue weighted by atomic mass is 16.5. The van der Waals surface area contributed by atoms with Crippen molar-refractivity contribution in [1.82, 2.24) is 9.97 Å². The van der Waals surface area contributed by atoms with Crippen LogP contribution in [0.1, 0.15) is 29.1 Å². The van der Waals surface area contributed by atoms with Gasteiger partial charge in [-0.3, -0.25) is 4.79 Å². The third-order valence-electron chi connectivity index (χ3n) is 5.06. The lowest BCUT2D eigenvalue weighted by molar-refractivity contribution is 0.0991. The first kappa shape index (κ1) is 19.4. The number of carbonyl (C=O) groups is 1. The number of hydrogen-bond acceptors (Lipinski definition) is 6. The van der Waals surface area contributed by atoms with Gasteiger partial charge in [-0.1, -0.05) is 42.5 Å². The molecule has 0 bridgehead atoms. The highest BCUT2D eigenvalue weighted by molar-refractivity contribution is 5.97. The quantitative estimate of drug-likeness (QED) is 0.504. The molecule has 3 aromatic carbocycles. The number of primary amides is 1. The number of nitrogens with zero attached hydrogens (tertiary/aromatic N) is 2. The highest BCUT2D eigenvalue weighted by Crippen LogP contribution is 2.35. The van der Waals surface area contributed by atoms with Crippen LogP contribution in [0.4, 0.5) is 5.82 Å². The normalized spacial score (nSPS) is 12.0. The molecule has 30 heavy (non-hydrogen) atoms. The Morgan fingerprint density at radius 3 is 2.40 bits per heavy atom. The molecule has 0 fully saturated rings. The number of anilines is 1. The first-order valence-electron chi connectivity index (χ1n) is 9.49. The van der Waals surface area contributed by atoms with Gasteiger partial charge < -0.3 is 20.5 Å². The molecule has 0 spiro atoms. The molecule has 152 valence electrons. The molecule has 0 aliphatic rings. The van der Waals surface area contributed by atoms with Crippen molar-refractivity contribution in [3.63, 3.8) is 0 Å². The summed E-state index contributed by atoms with van der Waals surface area (Å²) in [6, 6.07) is 17.8. The van der Waals surface area contributed by atoms with Crippen LogP contribution in [0.25, 0.3) is 21.7 Å². The fraction of sp³-hybridized carbons (Fsp3) is 0.174. The van der Waals surface area contributed by atoms with Crippen LogP contribution < -0.4 is 20.5 Å². The Hall–Kier alpha value is -3.87. The van der Waals surface area contributed by atoms with Gasteiger partial charge in [0.15, 0.2) is 11.5 Å². The second kappa shape index (κ2) is 7.87. The molecule has 1 heterocycles. The third-order valence-corrected chi connectivity index (χ3v) is 5.06. The van der Waals surface area contributed by atoms with Crippen molar-refractivity contribution >= 4 is 33.4 Å². The molecular formula is C23H22N4O3. The Kier molecular flexibility index (Phi) is 5.10. The van der Waals surface area contributed by atoms with E-state index in [1.807, 2.05) is 25.1 Å². The van der Waals surface area contributed by atoms with Gasteiger partial charge in [0.05, 0.1) is 25.8 Å². The molecule has 7 heteroatoms. The maximum absolute atomic E-state index is 11.8. The number of fused-ring (bicyclic) bond motifs is 2. The molecule has 0 unspecified atom stereocenters. The molecule has 0 aliphatic carbocycles. The number of nitrogens with two attached hydrogens (primary N) is 1. The van der Waals surface area contributed by atoms with Gasteiger partial charge in [-0.15, -0.1) is 0 Å². The van der Waals surface area contributed by atoms with Crippen molar-refractivity contribution < 1.29 is 14.3 Å². The van der Waals surface area contributed by atoms with Crippen molar-refractivity contribution in [2.24, 2.45) is 5.73 Å². The zero-order chi connectivity index (χ0) is 21.3. The Bertz CT molecular complexity index is 1250. The van der Waals surface area contributed by atoms with E-state index in [-0.39, 0.29) is 11.9 Å². The van der Waals surface area contributed by atoms with Crippen molar-refractivity contribution in [3.05, 3.63) is 66.0 Å². The first-order chi connectivity index (χ1) is 14.5. The predicted octanol–water partition coefficient (Wildman–Crippen LogP) is 4.07. The topological polar surface area (TPSA) is 99.4 Å². The lowest BCUT2D eigenvalue weighted by Gasteiger charge is -2.19. The summed E-state index contributed by atoms with van der Waals surface area (Å²) in [7, 11) is 3.11. The van der Waals surface area contributed by atoms with E-state index < -0.39 is 5.91 Å². The van der Waals surface area contributed by atoms with Gasteiger partial charge in [0.1, 0.15) is 5.82 Å². The van der Waals surface area contributed by atoms with Crippen molar-refractivity contribution in [2.45, 2.75) is 13.0 Å². The number of carbonyl (C=O) groups excluding carboxylic acids is 1. The van der Waals surface area contributed by atoms with Crippen molar-refractivity contribution in [2.75, 3.05) is 19.5 Å². The number of nitrogens with one attached hydrogen (secondary N) is 1. The van der Waals surface area contributed by atoms with Gasteiger partial charge in [-0.05, 0) is 29.3 Å². The first-order valence-corrected chi connectivity index (χ1v) is 9.49. The standard InChI is InChI=1S/C23H22N4O3/c1-13(15-10-6-8-14-7-4-5-9-16(14)15)25-22-17-11-19(29-2)20(30-3)12-18(17)26-23(27-22)21(24)28/h4-13H,1-3H3,(H2,24,28)(H,25,26,27)/t13-/m1/s1. The number of aromatic nitrogens is 2. The van der Waals surface area contributed by atoms with E-state index in [2.05, 4.69) is 39.6 Å². The predicted molar refractivity (Wildman–Crippen MR) is 117 cm³/mol. The van der Waals surface area contributed by atoms with Gasteiger partial charge in [0, 0.05) is 11.5 Å². The van der Waals surface area contributed by atoms with E-state index in [0.717, 1.165) is 16.3 Å². The summed E-state index contributed by atoms with van der Waals surface area (Å²) in [5.74, 6) is 0.776. The van der Waals surface area contributed by atoms with Crippen LogP contribution in [0, 0.1) is 0 Å². The van der Waals surface area contributed by atoms with Gasteiger partial charge in [-0.25, -0.2) is 9.97 Å². The number of rotatable bonds is 6. The Morgan fingerprint density at radius 1 is 0.967 bits per heavy atom. The molecule has 4 aromatic rings. The molecular weight excluding hydrogens is 380 g/mol. The SMILES string of the molecule is COc1cc2nc(C(N)=O)nc(N[C@H](C)c3cccc4ccccc34)c2cc1OC. The fourth-order valence-corrected chi connectivity index (χ4v) is 3.59. The third kappa shape index (κ3) is 3.45. The zero-order valence-electron chi connectivity index (χ0n) is 17.0. The average Bonchev–Trinajstić information content (AvgIpc) is 2.77. The molecule has 0 aliphatic heterocycles. The molecule has 1 aromatic heterocycles. The fourth-order valence-electron chi connectivity index (χ4n) is 3.59. The molecule has 4 rings (SSSR count). The van der Waals surface area contributed by atoms with Crippen LogP contribution in [-0.4, -0.2) is 30.1 Å². The van der Waals surface area contributed by atoms with Crippen LogP contribution >= 0.6 is 0 Å². The Morgan fingerprint density at radius 2 is 1.67 bits per heavy atom. The van der Waals surface area contributed by atoms with E-state index in [9.17, 15) is 4.79 Å². The molecule has 1 amide bonds. The lowest BCUT2D eigenvalue weighted by Crippen LogP contribution is -2.18. The van der Waals surface area contributed by atoms with E-state index in [1.54, 1.807) is 26.4 Å². The lowest BCUT2D eigenvalue weighted by atomic mass is 9.99. The Labute approximate surface area is 173 Å². The summed E-state index contributed by atoms with van der Waals surface area (Å²) >= 11 is 0. The smallest absolute Gasteiger partial charge is 0.286 e. The number of ether oxygens (including phenoxy) is 2. The van der Waals surface area contributed by atoms with Crippen LogP contribution in [0.5, 0.6) is 11.5 Å². The zero-order valence-corrected chi connectivity index (χ0v) is 17.0. The van der Waals surface area contributed by atoms with Crippen molar-refractivity contribution in [1.29, 1.82) is 0 Å². The Balaban J connectivity index is 1.85. The van der Waals surface area contributed by atoms with Crippen molar-refractivity contribution in [3.8, 4) is 11.5 Å². The van der Waals surface area contributed by atoms with Crippen LogP contribution in [0.2, 0.25) is 0 Å². The molecule has 3 N–H and O–H groups in total. The number of benzene rings is 3. The minimum atomic E-state index is -0.701. The molecule has 7 nitrogen and oxygen atoms in total. The summed E-state index contributed by atoms with van der Waals surface area (Å²) in [6.45, 7) is 2.04. The maximum atomic E-state index is 11.8. The van der Waals surface area contributed by atoms with E-state index in [1.165, 1.54) is 0 Å². The molecule has 0 radical (unpaired) electrons. The van der Waals surface area contributed by atoms with Gasteiger partial charge >= 0.3 is 0 Å². The van der Waals surface area contributed by atoms with Gasteiger partial charge in [0.2, 0.25) is 5.82 Å². The number of hydrogen-bond donors (Lipinski definition) is 2. The largest absolute Gasteiger partial charge is 0.493 e. The number of methoxy groups -OCH3 is 2.